The minimum atomic E-state index is 0. The standard InChI is InChI=1S/C12H22N4.ClH/c1-9(2)16-7-11(10(3)14-16)6-15-5-4-12(13)8-15;/h7,9,12H,4-6,8,13H2,1-3H3;1H/t12-;/m0./s1. The van der Waals surface area contributed by atoms with Gasteiger partial charge in [-0.3, -0.25) is 9.58 Å². The Morgan fingerprint density at radius 1 is 1.53 bits per heavy atom. The molecule has 0 aromatic carbocycles. The van der Waals surface area contributed by atoms with Crippen molar-refractivity contribution in [2.45, 2.75) is 45.8 Å². The average molecular weight is 259 g/mol. The maximum atomic E-state index is 5.91. The van der Waals surface area contributed by atoms with Gasteiger partial charge in [0.2, 0.25) is 0 Å². The quantitative estimate of drug-likeness (QED) is 0.898. The summed E-state index contributed by atoms with van der Waals surface area (Å²) in [6, 6.07) is 0.800. The Labute approximate surface area is 110 Å². The minimum absolute atomic E-state index is 0. The van der Waals surface area contributed by atoms with Crippen LogP contribution in [-0.2, 0) is 6.54 Å². The maximum Gasteiger partial charge on any atom is 0.0638 e. The maximum absolute atomic E-state index is 5.91. The predicted molar refractivity (Wildman–Crippen MR) is 72.5 cm³/mol. The van der Waals surface area contributed by atoms with E-state index < -0.39 is 0 Å². The molecule has 0 unspecified atom stereocenters. The van der Waals surface area contributed by atoms with Crippen LogP contribution in [-0.4, -0.2) is 33.8 Å². The van der Waals surface area contributed by atoms with Crippen molar-refractivity contribution >= 4 is 12.4 Å². The molecule has 1 aromatic rings. The number of halogens is 1. The molecule has 0 radical (unpaired) electrons. The summed E-state index contributed by atoms with van der Waals surface area (Å²) in [5.74, 6) is 0. The van der Waals surface area contributed by atoms with Crippen LogP contribution in [0.3, 0.4) is 0 Å². The molecule has 2 N–H and O–H groups in total. The van der Waals surface area contributed by atoms with Crippen molar-refractivity contribution in [3.05, 3.63) is 17.5 Å². The van der Waals surface area contributed by atoms with Gasteiger partial charge in [0.25, 0.3) is 0 Å². The average Bonchev–Trinajstić information content (AvgIpc) is 2.75. The van der Waals surface area contributed by atoms with E-state index in [1.165, 1.54) is 5.56 Å². The Balaban J connectivity index is 0.00000144. The number of aromatic nitrogens is 2. The van der Waals surface area contributed by atoms with E-state index in [2.05, 4.69) is 37.0 Å². The van der Waals surface area contributed by atoms with Crippen molar-refractivity contribution in [3.8, 4) is 0 Å². The van der Waals surface area contributed by atoms with E-state index in [9.17, 15) is 0 Å². The lowest BCUT2D eigenvalue weighted by Gasteiger charge is -2.14. The monoisotopic (exact) mass is 258 g/mol. The Morgan fingerprint density at radius 2 is 2.24 bits per heavy atom. The molecule has 1 aromatic heterocycles. The summed E-state index contributed by atoms with van der Waals surface area (Å²) in [6.07, 6.45) is 3.29. The zero-order valence-electron chi connectivity index (χ0n) is 10.9. The second-order valence-electron chi connectivity index (χ2n) is 5.10. The summed E-state index contributed by atoms with van der Waals surface area (Å²) in [5, 5.41) is 4.53. The van der Waals surface area contributed by atoms with E-state index in [-0.39, 0.29) is 12.4 Å². The van der Waals surface area contributed by atoms with Gasteiger partial charge in [0.1, 0.15) is 0 Å². The normalized spacial score (nSPS) is 20.9. The number of hydrogen-bond acceptors (Lipinski definition) is 3. The molecule has 1 aliphatic heterocycles. The molecule has 0 bridgehead atoms. The number of nitrogens with zero attached hydrogens (tertiary/aromatic N) is 3. The summed E-state index contributed by atoms with van der Waals surface area (Å²) in [6.45, 7) is 9.53. The largest absolute Gasteiger partial charge is 0.326 e. The zero-order valence-corrected chi connectivity index (χ0v) is 11.7. The molecule has 98 valence electrons. The SMILES string of the molecule is Cc1nn(C(C)C)cc1CN1CC[C@H](N)C1.Cl. The molecule has 1 fully saturated rings. The van der Waals surface area contributed by atoms with Crippen LogP contribution in [0.25, 0.3) is 0 Å². The molecular formula is C12H23ClN4. The van der Waals surface area contributed by atoms with Gasteiger partial charge in [0.15, 0.2) is 0 Å². The van der Waals surface area contributed by atoms with Crippen molar-refractivity contribution < 1.29 is 0 Å². The van der Waals surface area contributed by atoms with Gasteiger partial charge < -0.3 is 5.73 Å². The fourth-order valence-corrected chi connectivity index (χ4v) is 2.19. The van der Waals surface area contributed by atoms with Crippen LogP contribution in [0, 0.1) is 6.92 Å². The van der Waals surface area contributed by atoms with Crippen molar-refractivity contribution in [1.29, 1.82) is 0 Å². The fourth-order valence-electron chi connectivity index (χ4n) is 2.19. The smallest absolute Gasteiger partial charge is 0.0638 e. The third kappa shape index (κ3) is 3.44. The fraction of sp³-hybridized carbons (Fsp3) is 0.750. The molecule has 0 spiro atoms. The number of nitrogens with two attached hydrogens (primary N) is 1. The molecule has 1 aliphatic rings. The first kappa shape index (κ1) is 14.5. The summed E-state index contributed by atoms with van der Waals surface area (Å²) < 4.78 is 2.04. The van der Waals surface area contributed by atoms with Gasteiger partial charge >= 0.3 is 0 Å². The third-order valence-corrected chi connectivity index (χ3v) is 3.25. The highest BCUT2D eigenvalue weighted by Gasteiger charge is 2.20. The molecule has 2 rings (SSSR count). The molecular weight excluding hydrogens is 236 g/mol. The number of rotatable bonds is 3. The topological polar surface area (TPSA) is 47.1 Å². The van der Waals surface area contributed by atoms with Gasteiger partial charge in [-0.2, -0.15) is 5.10 Å². The summed E-state index contributed by atoms with van der Waals surface area (Å²) in [5.41, 5.74) is 8.39. The second-order valence-corrected chi connectivity index (χ2v) is 5.10. The number of hydrogen-bond donors (Lipinski definition) is 1. The van der Waals surface area contributed by atoms with E-state index >= 15 is 0 Å². The van der Waals surface area contributed by atoms with Crippen molar-refractivity contribution in [2.75, 3.05) is 13.1 Å². The number of aryl methyl sites for hydroxylation is 1. The first-order valence-corrected chi connectivity index (χ1v) is 6.09. The molecule has 1 atom stereocenters. The van der Waals surface area contributed by atoms with Crippen LogP contribution in [0.2, 0.25) is 0 Å². The van der Waals surface area contributed by atoms with Crippen LogP contribution < -0.4 is 5.73 Å². The Kier molecular flexibility index (Phi) is 4.98. The number of likely N-dealkylation sites (tertiary alicyclic amines) is 1. The first-order valence-electron chi connectivity index (χ1n) is 6.09. The van der Waals surface area contributed by atoms with E-state index in [0.29, 0.717) is 12.1 Å². The molecule has 2 heterocycles. The predicted octanol–water partition coefficient (Wildman–Crippen LogP) is 1.73. The Bertz CT molecular complexity index is 361. The van der Waals surface area contributed by atoms with Crippen LogP contribution in [0.1, 0.15) is 37.6 Å². The van der Waals surface area contributed by atoms with Crippen molar-refractivity contribution in [2.24, 2.45) is 5.73 Å². The van der Waals surface area contributed by atoms with Gasteiger partial charge in [-0.05, 0) is 27.2 Å². The highest BCUT2D eigenvalue weighted by molar-refractivity contribution is 5.85. The van der Waals surface area contributed by atoms with E-state index in [1.54, 1.807) is 0 Å². The lowest BCUT2D eigenvalue weighted by atomic mass is 10.2. The summed E-state index contributed by atoms with van der Waals surface area (Å²) in [4.78, 5) is 2.42. The Hall–Kier alpha value is -0.580. The molecule has 5 heteroatoms. The van der Waals surface area contributed by atoms with Crippen LogP contribution >= 0.6 is 12.4 Å². The van der Waals surface area contributed by atoms with Crippen LogP contribution in [0.4, 0.5) is 0 Å². The summed E-state index contributed by atoms with van der Waals surface area (Å²) >= 11 is 0. The molecule has 4 nitrogen and oxygen atoms in total. The molecule has 0 aliphatic carbocycles. The lowest BCUT2D eigenvalue weighted by Crippen LogP contribution is -2.26. The summed E-state index contributed by atoms with van der Waals surface area (Å²) in [7, 11) is 0. The van der Waals surface area contributed by atoms with Gasteiger partial charge in [0.05, 0.1) is 5.69 Å². The Morgan fingerprint density at radius 3 is 2.71 bits per heavy atom. The van der Waals surface area contributed by atoms with Gasteiger partial charge in [-0.15, -0.1) is 12.4 Å². The van der Waals surface area contributed by atoms with E-state index in [0.717, 1.165) is 31.7 Å². The second kappa shape index (κ2) is 5.85. The van der Waals surface area contributed by atoms with Crippen LogP contribution in [0.5, 0.6) is 0 Å². The first-order chi connectivity index (χ1) is 7.56. The zero-order chi connectivity index (χ0) is 11.7. The van der Waals surface area contributed by atoms with Gasteiger partial charge in [-0.1, -0.05) is 0 Å². The molecule has 17 heavy (non-hydrogen) atoms. The lowest BCUT2D eigenvalue weighted by molar-refractivity contribution is 0.326. The highest BCUT2D eigenvalue weighted by atomic mass is 35.5. The molecule has 0 saturated carbocycles. The molecule has 0 amide bonds. The van der Waals surface area contributed by atoms with Gasteiger partial charge in [-0.25, -0.2) is 0 Å². The van der Waals surface area contributed by atoms with Crippen molar-refractivity contribution in [1.82, 2.24) is 14.7 Å². The molecule has 1 saturated heterocycles. The van der Waals surface area contributed by atoms with Crippen molar-refractivity contribution in [3.63, 3.8) is 0 Å². The van der Waals surface area contributed by atoms with Gasteiger partial charge in [0, 0.05) is 43.5 Å². The minimum Gasteiger partial charge on any atom is -0.326 e. The van der Waals surface area contributed by atoms with E-state index in [1.807, 2.05) is 4.68 Å². The highest BCUT2D eigenvalue weighted by Crippen LogP contribution is 2.16. The van der Waals surface area contributed by atoms with E-state index in [4.69, 9.17) is 5.73 Å². The van der Waals surface area contributed by atoms with Crippen LogP contribution in [0.15, 0.2) is 6.20 Å². The third-order valence-electron chi connectivity index (χ3n) is 3.25.